The van der Waals surface area contributed by atoms with Crippen molar-refractivity contribution in [2.75, 3.05) is 13.2 Å². The van der Waals surface area contributed by atoms with E-state index in [0.29, 0.717) is 0 Å². The molecular formula is C14H13F3N2O2S. The summed E-state index contributed by atoms with van der Waals surface area (Å²) in [5.41, 5.74) is 2.60. The van der Waals surface area contributed by atoms with E-state index >= 15 is 0 Å². The Balaban J connectivity index is 1.94. The maximum Gasteiger partial charge on any atom is 0.411 e. The average Bonchev–Trinajstić information content (AvgIpc) is 2.92. The minimum absolute atomic E-state index is 0.0753. The summed E-state index contributed by atoms with van der Waals surface area (Å²) in [6, 6.07) is 2.82. The Morgan fingerprint density at radius 2 is 2.23 bits per heavy atom. The van der Waals surface area contributed by atoms with Crippen molar-refractivity contribution < 1.29 is 22.7 Å². The standard InChI is InChI=1S/C14H13F3N2O2S/c1-8-12(14(15,16)17)19(4-5-21-8)13(20)9-2-3-10-11(6-9)22-7-18-10/h2-3,6-8,12H,4-5H2,1H3/t8-,12-/m0/s1. The van der Waals surface area contributed by atoms with E-state index in [-0.39, 0.29) is 18.7 Å². The second-order valence-corrected chi connectivity index (χ2v) is 5.98. The van der Waals surface area contributed by atoms with E-state index in [4.69, 9.17) is 4.74 Å². The number of fused-ring (bicyclic) bond motifs is 1. The lowest BCUT2D eigenvalue weighted by Gasteiger charge is -2.40. The van der Waals surface area contributed by atoms with Crippen molar-refractivity contribution in [3.63, 3.8) is 0 Å². The average molecular weight is 330 g/mol. The first-order valence-corrected chi connectivity index (χ1v) is 7.58. The molecule has 2 aromatic rings. The number of thiazole rings is 1. The van der Waals surface area contributed by atoms with Gasteiger partial charge >= 0.3 is 6.18 Å². The van der Waals surface area contributed by atoms with Crippen LogP contribution in [0.15, 0.2) is 23.7 Å². The number of amides is 1. The second-order valence-electron chi connectivity index (χ2n) is 5.10. The summed E-state index contributed by atoms with van der Waals surface area (Å²) in [6.07, 6.45) is -5.60. The number of rotatable bonds is 1. The topological polar surface area (TPSA) is 42.4 Å². The summed E-state index contributed by atoms with van der Waals surface area (Å²) in [5, 5.41) is 0. The molecule has 0 saturated carbocycles. The molecule has 1 aliphatic heterocycles. The zero-order valence-corrected chi connectivity index (χ0v) is 12.4. The van der Waals surface area contributed by atoms with Gasteiger partial charge in [0.2, 0.25) is 0 Å². The lowest BCUT2D eigenvalue weighted by molar-refractivity contribution is -0.220. The quantitative estimate of drug-likeness (QED) is 0.807. The number of carbonyl (C=O) groups excluding carboxylic acids is 1. The molecule has 22 heavy (non-hydrogen) atoms. The molecule has 2 atom stereocenters. The van der Waals surface area contributed by atoms with Crippen LogP contribution in [0.25, 0.3) is 10.2 Å². The molecule has 8 heteroatoms. The van der Waals surface area contributed by atoms with E-state index in [2.05, 4.69) is 4.98 Å². The molecule has 1 aromatic carbocycles. The minimum Gasteiger partial charge on any atom is -0.374 e. The maximum absolute atomic E-state index is 13.2. The summed E-state index contributed by atoms with van der Waals surface area (Å²) >= 11 is 1.34. The fraction of sp³-hybridized carbons (Fsp3) is 0.429. The first kappa shape index (κ1) is 15.2. The molecule has 0 N–H and O–H groups in total. The number of aromatic nitrogens is 1. The molecule has 0 unspecified atom stereocenters. The number of benzene rings is 1. The van der Waals surface area contributed by atoms with E-state index in [1.165, 1.54) is 24.3 Å². The van der Waals surface area contributed by atoms with Crippen molar-refractivity contribution in [3.05, 3.63) is 29.3 Å². The van der Waals surface area contributed by atoms with Crippen molar-refractivity contribution in [1.29, 1.82) is 0 Å². The van der Waals surface area contributed by atoms with Crippen LogP contribution < -0.4 is 0 Å². The van der Waals surface area contributed by atoms with Crippen molar-refractivity contribution >= 4 is 27.5 Å². The number of hydrogen-bond acceptors (Lipinski definition) is 4. The van der Waals surface area contributed by atoms with E-state index < -0.39 is 24.2 Å². The van der Waals surface area contributed by atoms with Crippen LogP contribution in [-0.2, 0) is 4.74 Å². The van der Waals surface area contributed by atoms with Gasteiger partial charge in [0, 0.05) is 12.1 Å². The van der Waals surface area contributed by atoms with Gasteiger partial charge in [-0.2, -0.15) is 13.2 Å². The number of hydrogen-bond donors (Lipinski definition) is 0. The van der Waals surface area contributed by atoms with Crippen molar-refractivity contribution in [3.8, 4) is 0 Å². The van der Waals surface area contributed by atoms with E-state index in [1.54, 1.807) is 17.6 Å². The van der Waals surface area contributed by atoms with E-state index in [9.17, 15) is 18.0 Å². The molecule has 118 valence electrons. The molecule has 0 radical (unpaired) electrons. The van der Waals surface area contributed by atoms with E-state index in [1.807, 2.05) is 0 Å². The minimum atomic E-state index is -4.52. The molecule has 4 nitrogen and oxygen atoms in total. The Morgan fingerprint density at radius 3 is 2.95 bits per heavy atom. The van der Waals surface area contributed by atoms with Gasteiger partial charge in [0.05, 0.1) is 28.4 Å². The van der Waals surface area contributed by atoms with Crippen LogP contribution in [0.2, 0.25) is 0 Å². The predicted octanol–water partition coefficient (Wildman–Crippen LogP) is 3.09. The molecule has 0 bridgehead atoms. The number of nitrogens with zero attached hydrogens (tertiary/aromatic N) is 2. The van der Waals surface area contributed by atoms with Crippen molar-refractivity contribution in [2.45, 2.75) is 25.2 Å². The first-order valence-electron chi connectivity index (χ1n) is 6.70. The molecule has 1 fully saturated rings. The van der Waals surface area contributed by atoms with Crippen molar-refractivity contribution in [1.82, 2.24) is 9.88 Å². The number of carbonyl (C=O) groups is 1. The zero-order valence-electron chi connectivity index (χ0n) is 11.6. The molecule has 2 heterocycles. The second kappa shape index (κ2) is 5.51. The number of morpholine rings is 1. The van der Waals surface area contributed by atoms with Gasteiger partial charge in [0.25, 0.3) is 5.91 Å². The number of ether oxygens (including phenoxy) is 1. The van der Waals surface area contributed by atoms with Gasteiger partial charge in [-0.25, -0.2) is 4.98 Å². The summed E-state index contributed by atoms with van der Waals surface area (Å²) in [7, 11) is 0. The van der Waals surface area contributed by atoms with Crippen LogP contribution in [0.1, 0.15) is 17.3 Å². The summed E-state index contributed by atoms with van der Waals surface area (Å²) in [5.74, 6) is -0.632. The molecular weight excluding hydrogens is 317 g/mol. The smallest absolute Gasteiger partial charge is 0.374 e. The highest BCUT2D eigenvalue weighted by atomic mass is 32.1. The van der Waals surface area contributed by atoms with Gasteiger partial charge in [0.15, 0.2) is 6.04 Å². The molecule has 1 aromatic heterocycles. The zero-order chi connectivity index (χ0) is 15.9. The SMILES string of the molecule is C[C@@H]1OCCN(C(=O)c2ccc3ncsc3c2)[C@@H]1C(F)(F)F. The van der Waals surface area contributed by atoms with Gasteiger partial charge in [-0.05, 0) is 25.1 Å². The summed E-state index contributed by atoms with van der Waals surface area (Å²) in [4.78, 5) is 17.5. The number of alkyl halides is 3. The third kappa shape index (κ3) is 2.68. The third-order valence-electron chi connectivity index (χ3n) is 3.67. The molecule has 1 saturated heterocycles. The lowest BCUT2D eigenvalue weighted by atomic mass is 10.1. The fourth-order valence-corrected chi connectivity index (χ4v) is 3.36. The van der Waals surface area contributed by atoms with Gasteiger partial charge in [0.1, 0.15) is 0 Å². The Kier molecular flexibility index (Phi) is 3.82. The highest BCUT2D eigenvalue weighted by Gasteiger charge is 2.50. The molecule has 1 aliphatic rings. The van der Waals surface area contributed by atoms with Gasteiger partial charge < -0.3 is 9.64 Å². The van der Waals surface area contributed by atoms with Gasteiger partial charge in [-0.1, -0.05) is 0 Å². The number of halogens is 3. The summed E-state index contributed by atoms with van der Waals surface area (Å²) in [6.45, 7) is 1.36. The normalized spacial score (nSPS) is 23.0. The monoisotopic (exact) mass is 330 g/mol. The molecule has 0 spiro atoms. The molecule has 3 rings (SSSR count). The van der Waals surface area contributed by atoms with Gasteiger partial charge in [-0.3, -0.25) is 4.79 Å². The van der Waals surface area contributed by atoms with Crippen molar-refractivity contribution in [2.24, 2.45) is 0 Å². The molecule has 0 aliphatic carbocycles. The van der Waals surface area contributed by atoms with E-state index in [0.717, 1.165) is 15.1 Å². The fourth-order valence-electron chi connectivity index (χ4n) is 2.65. The Hall–Kier alpha value is -1.67. The highest BCUT2D eigenvalue weighted by Crippen LogP contribution is 2.32. The lowest BCUT2D eigenvalue weighted by Crippen LogP contribution is -2.59. The first-order chi connectivity index (χ1) is 10.4. The largest absolute Gasteiger partial charge is 0.411 e. The summed E-state index contributed by atoms with van der Waals surface area (Å²) < 4.78 is 45.6. The predicted molar refractivity (Wildman–Crippen MR) is 75.9 cm³/mol. The van der Waals surface area contributed by atoms with Crippen LogP contribution in [-0.4, -0.2) is 47.3 Å². The van der Waals surface area contributed by atoms with Crippen LogP contribution in [0.3, 0.4) is 0 Å². The molecule has 1 amide bonds. The maximum atomic E-state index is 13.2. The van der Waals surface area contributed by atoms with Crippen LogP contribution in [0.4, 0.5) is 13.2 Å². The van der Waals surface area contributed by atoms with Crippen LogP contribution in [0, 0.1) is 0 Å². The Morgan fingerprint density at radius 1 is 1.45 bits per heavy atom. The third-order valence-corrected chi connectivity index (χ3v) is 4.46. The highest BCUT2D eigenvalue weighted by molar-refractivity contribution is 7.16. The van der Waals surface area contributed by atoms with Crippen LogP contribution in [0.5, 0.6) is 0 Å². The Bertz CT molecular complexity index is 701. The van der Waals surface area contributed by atoms with Crippen LogP contribution >= 0.6 is 11.3 Å². The Labute approximate surface area is 128 Å². The van der Waals surface area contributed by atoms with Gasteiger partial charge in [-0.15, -0.1) is 11.3 Å².